The van der Waals surface area contributed by atoms with E-state index in [0.717, 1.165) is 0 Å². The average Bonchev–Trinajstić information content (AvgIpc) is 2.45. The lowest BCUT2D eigenvalue weighted by Crippen LogP contribution is -2.42. The zero-order chi connectivity index (χ0) is 14.6. The number of terminal acetylenes is 1. The molecule has 0 aromatic heterocycles. The van der Waals surface area contributed by atoms with Gasteiger partial charge < -0.3 is 14.8 Å². The fourth-order valence-electron chi connectivity index (χ4n) is 1.68. The molecule has 0 radical (unpaired) electrons. The largest absolute Gasteiger partial charge is 0.486 e. The highest BCUT2D eigenvalue weighted by Crippen LogP contribution is 2.32. The van der Waals surface area contributed by atoms with Crippen LogP contribution >= 0.6 is 0 Å². The van der Waals surface area contributed by atoms with Crippen molar-refractivity contribution in [3.63, 3.8) is 0 Å². The Morgan fingerprint density at radius 3 is 2.75 bits per heavy atom. The number of benzene rings is 1. The summed E-state index contributed by atoms with van der Waals surface area (Å²) in [6.07, 6.45) is 5.35. The van der Waals surface area contributed by atoms with Gasteiger partial charge >= 0.3 is 0 Å². The first-order valence-electron chi connectivity index (χ1n) is 6.42. The van der Waals surface area contributed by atoms with Gasteiger partial charge in [-0.2, -0.15) is 0 Å². The van der Waals surface area contributed by atoms with Gasteiger partial charge in [-0.05, 0) is 26.0 Å². The summed E-state index contributed by atoms with van der Waals surface area (Å²) in [6, 6.07) is 5.30. The molecular formula is C15H18N2O3. The Morgan fingerprint density at radius 1 is 1.35 bits per heavy atom. The third-order valence-corrected chi connectivity index (χ3v) is 2.88. The van der Waals surface area contributed by atoms with Crippen LogP contribution in [0.15, 0.2) is 18.2 Å². The minimum atomic E-state index is -0.510. The Kier molecular flexibility index (Phi) is 4.16. The molecule has 5 heteroatoms. The van der Waals surface area contributed by atoms with Gasteiger partial charge in [0, 0.05) is 11.8 Å². The summed E-state index contributed by atoms with van der Waals surface area (Å²) in [7, 11) is 0. The SMILES string of the molecule is C#CC(C)(C)NCC(=O)Nc1ccc2c(c1)OCCO2. The van der Waals surface area contributed by atoms with Gasteiger partial charge in [0.15, 0.2) is 11.5 Å². The molecule has 0 aliphatic carbocycles. The van der Waals surface area contributed by atoms with Crippen molar-refractivity contribution in [3.8, 4) is 23.8 Å². The normalized spacial score (nSPS) is 13.4. The molecule has 1 aliphatic rings. The van der Waals surface area contributed by atoms with E-state index in [1.807, 2.05) is 13.8 Å². The average molecular weight is 274 g/mol. The van der Waals surface area contributed by atoms with Crippen molar-refractivity contribution in [2.75, 3.05) is 25.1 Å². The molecule has 1 aromatic rings. The highest BCUT2D eigenvalue weighted by molar-refractivity contribution is 5.92. The lowest BCUT2D eigenvalue weighted by atomic mass is 10.1. The van der Waals surface area contributed by atoms with E-state index >= 15 is 0 Å². The Balaban J connectivity index is 1.93. The Labute approximate surface area is 118 Å². The van der Waals surface area contributed by atoms with Crippen molar-refractivity contribution in [2.45, 2.75) is 19.4 Å². The molecule has 0 saturated carbocycles. The summed E-state index contributed by atoms with van der Waals surface area (Å²) in [6.45, 7) is 4.88. The van der Waals surface area contributed by atoms with E-state index in [9.17, 15) is 4.79 Å². The Bertz CT molecular complexity index is 547. The highest BCUT2D eigenvalue weighted by atomic mass is 16.6. The summed E-state index contributed by atoms with van der Waals surface area (Å²) in [5.74, 6) is 3.75. The number of carbonyl (C=O) groups excluding carboxylic acids is 1. The van der Waals surface area contributed by atoms with Crippen LogP contribution in [0.3, 0.4) is 0 Å². The van der Waals surface area contributed by atoms with Crippen molar-refractivity contribution >= 4 is 11.6 Å². The number of rotatable bonds is 4. The van der Waals surface area contributed by atoms with Crippen LogP contribution in [0.2, 0.25) is 0 Å². The number of ether oxygens (including phenoxy) is 2. The lowest BCUT2D eigenvalue weighted by molar-refractivity contribution is -0.115. The van der Waals surface area contributed by atoms with Gasteiger partial charge in [-0.3, -0.25) is 10.1 Å². The second-order valence-corrected chi connectivity index (χ2v) is 5.03. The van der Waals surface area contributed by atoms with Gasteiger partial charge in [0.2, 0.25) is 5.91 Å². The molecule has 1 amide bonds. The van der Waals surface area contributed by atoms with Gasteiger partial charge in [0.25, 0.3) is 0 Å². The van der Waals surface area contributed by atoms with Gasteiger partial charge in [-0.25, -0.2) is 0 Å². The van der Waals surface area contributed by atoms with Crippen molar-refractivity contribution < 1.29 is 14.3 Å². The quantitative estimate of drug-likeness (QED) is 0.815. The number of nitrogens with one attached hydrogen (secondary N) is 2. The molecular weight excluding hydrogens is 256 g/mol. The van der Waals surface area contributed by atoms with E-state index < -0.39 is 5.54 Å². The zero-order valence-corrected chi connectivity index (χ0v) is 11.7. The molecule has 0 spiro atoms. The Morgan fingerprint density at radius 2 is 2.05 bits per heavy atom. The molecule has 0 unspecified atom stereocenters. The number of anilines is 1. The van der Waals surface area contributed by atoms with Gasteiger partial charge in [-0.1, -0.05) is 5.92 Å². The van der Waals surface area contributed by atoms with Crippen LogP contribution in [0, 0.1) is 12.3 Å². The first kappa shape index (κ1) is 14.2. The van der Waals surface area contributed by atoms with Gasteiger partial charge in [0.05, 0.1) is 12.1 Å². The van der Waals surface area contributed by atoms with Crippen LogP contribution in [0.5, 0.6) is 11.5 Å². The summed E-state index contributed by atoms with van der Waals surface area (Å²) >= 11 is 0. The molecule has 1 aromatic carbocycles. The van der Waals surface area contributed by atoms with E-state index in [1.54, 1.807) is 18.2 Å². The molecule has 5 nitrogen and oxygen atoms in total. The molecule has 106 valence electrons. The number of hydrogen-bond acceptors (Lipinski definition) is 4. The van der Waals surface area contributed by atoms with E-state index in [1.165, 1.54) is 0 Å². The summed E-state index contributed by atoms with van der Waals surface area (Å²) < 4.78 is 10.9. The highest BCUT2D eigenvalue weighted by Gasteiger charge is 2.16. The molecule has 20 heavy (non-hydrogen) atoms. The van der Waals surface area contributed by atoms with Crippen LogP contribution < -0.4 is 20.1 Å². The molecule has 0 atom stereocenters. The topological polar surface area (TPSA) is 59.6 Å². The maximum atomic E-state index is 11.8. The second-order valence-electron chi connectivity index (χ2n) is 5.03. The fraction of sp³-hybridized carbons (Fsp3) is 0.400. The summed E-state index contributed by atoms with van der Waals surface area (Å²) in [5, 5.41) is 5.77. The predicted octanol–water partition coefficient (Wildman–Crippen LogP) is 1.40. The number of carbonyl (C=O) groups is 1. The van der Waals surface area contributed by atoms with Crippen LogP contribution in [0.4, 0.5) is 5.69 Å². The molecule has 0 bridgehead atoms. The third-order valence-electron chi connectivity index (χ3n) is 2.88. The summed E-state index contributed by atoms with van der Waals surface area (Å²) in [4.78, 5) is 11.8. The van der Waals surface area contributed by atoms with Crippen LogP contribution in [0.25, 0.3) is 0 Å². The maximum Gasteiger partial charge on any atom is 0.238 e. The number of fused-ring (bicyclic) bond motifs is 1. The van der Waals surface area contributed by atoms with E-state index in [2.05, 4.69) is 16.6 Å². The van der Waals surface area contributed by atoms with Crippen molar-refractivity contribution in [1.29, 1.82) is 0 Å². The van der Waals surface area contributed by atoms with Gasteiger partial charge in [0.1, 0.15) is 13.2 Å². The van der Waals surface area contributed by atoms with Crippen molar-refractivity contribution in [2.24, 2.45) is 0 Å². The summed E-state index contributed by atoms with van der Waals surface area (Å²) in [5.41, 5.74) is 0.156. The monoisotopic (exact) mass is 274 g/mol. The molecule has 0 fully saturated rings. The minimum absolute atomic E-state index is 0.144. The predicted molar refractivity (Wildman–Crippen MR) is 77.0 cm³/mol. The zero-order valence-electron chi connectivity index (χ0n) is 11.7. The lowest BCUT2D eigenvalue weighted by Gasteiger charge is -2.20. The van der Waals surface area contributed by atoms with Crippen molar-refractivity contribution in [3.05, 3.63) is 18.2 Å². The molecule has 2 rings (SSSR count). The first-order chi connectivity index (χ1) is 9.50. The molecule has 0 saturated heterocycles. The van der Waals surface area contributed by atoms with E-state index in [0.29, 0.717) is 30.4 Å². The van der Waals surface area contributed by atoms with E-state index in [-0.39, 0.29) is 12.5 Å². The van der Waals surface area contributed by atoms with Crippen LogP contribution in [-0.4, -0.2) is 31.2 Å². The standard InChI is InChI=1S/C15H18N2O3/c1-4-15(2,3)16-10-14(18)17-11-5-6-12-13(9-11)20-8-7-19-12/h1,5-6,9,16H,7-8,10H2,2-3H3,(H,17,18). The fourth-order valence-corrected chi connectivity index (χ4v) is 1.68. The van der Waals surface area contributed by atoms with Crippen LogP contribution in [-0.2, 0) is 4.79 Å². The first-order valence-corrected chi connectivity index (χ1v) is 6.42. The maximum absolute atomic E-state index is 11.8. The Hall–Kier alpha value is -2.19. The third kappa shape index (κ3) is 3.65. The minimum Gasteiger partial charge on any atom is -0.486 e. The molecule has 1 aliphatic heterocycles. The number of amides is 1. The van der Waals surface area contributed by atoms with E-state index in [4.69, 9.17) is 15.9 Å². The van der Waals surface area contributed by atoms with Gasteiger partial charge in [-0.15, -0.1) is 6.42 Å². The molecule has 2 N–H and O–H groups in total. The second kappa shape index (κ2) is 5.85. The molecule has 1 heterocycles. The van der Waals surface area contributed by atoms with Crippen molar-refractivity contribution in [1.82, 2.24) is 5.32 Å². The van der Waals surface area contributed by atoms with Crippen LogP contribution in [0.1, 0.15) is 13.8 Å². The smallest absolute Gasteiger partial charge is 0.238 e. The number of hydrogen-bond donors (Lipinski definition) is 2.